The molecule has 1 unspecified atom stereocenters. The smallest absolute Gasteiger partial charge is 0.327 e. The summed E-state index contributed by atoms with van der Waals surface area (Å²) in [5.74, 6) is -0.244. The minimum atomic E-state index is -0.584. The Labute approximate surface area is 115 Å². The Hall–Kier alpha value is -1.85. The summed E-state index contributed by atoms with van der Waals surface area (Å²) >= 11 is 1.62. The minimum Gasteiger partial charge on any atom is -0.508 e. The second-order valence-electron chi connectivity index (χ2n) is 4.01. The van der Waals surface area contributed by atoms with E-state index in [0.717, 1.165) is 4.88 Å². The number of carbonyl (C=O) groups is 1. The van der Waals surface area contributed by atoms with Gasteiger partial charge in [0.15, 0.2) is 0 Å². The highest BCUT2D eigenvalue weighted by Crippen LogP contribution is 2.20. The van der Waals surface area contributed by atoms with Crippen LogP contribution < -0.4 is 5.32 Å². The van der Waals surface area contributed by atoms with Crippen LogP contribution >= 0.6 is 11.3 Å². The van der Waals surface area contributed by atoms with Gasteiger partial charge in [-0.3, -0.25) is 5.32 Å². The molecule has 0 aliphatic heterocycles. The summed E-state index contributed by atoms with van der Waals surface area (Å²) in [5, 5.41) is 14.6. The standard InChI is InChI=1S/C14H15NO3S/c1-18-14(17)13(10-4-2-5-11(16)8-10)15-9-12-6-3-7-19-12/h2-8,13,15-16H,9H2,1H3. The first-order valence-electron chi connectivity index (χ1n) is 5.83. The lowest BCUT2D eigenvalue weighted by Crippen LogP contribution is -2.29. The second kappa shape index (κ2) is 6.36. The number of carbonyl (C=O) groups excluding carboxylic acids is 1. The fourth-order valence-electron chi connectivity index (χ4n) is 1.78. The first-order valence-corrected chi connectivity index (χ1v) is 6.71. The van der Waals surface area contributed by atoms with Gasteiger partial charge in [0.05, 0.1) is 7.11 Å². The molecule has 100 valence electrons. The molecule has 2 aromatic rings. The lowest BCUT2D eigenvalue weighted by molar-refractivity contribution is -0.143. The van der Waals surface area contributed by atoms with Gasteiger partial charge in [-0.2, -0.15) is 0 Å². The van der Waals surface area contributed by atoms with Crippen molar-refractivity contribution in [2.24, 2.45) is 0 Å². The Morgan fingerprint density at radius 2 is 2.26 bits per heavy atom. The molecule has 2 rings (SSSR count). The molecule has 0 saturated carbocycles. The van der Waals surface area contributed by atoms with Crippen molar-refractivity contribution in [1.82, 2.24) is 5.32 Å². The van der Waals surface area contributed by atoms with Gasteiger partial charge in [-0.1, -0.05) is 18.2 Å². The highest BCUT2D eigenvalue weighted by molar-refractivity contribution is 7.09. The molecule has 0 saturated heterocycles. The van der Waals surface area contributed by atoms with Gasteiger partial charge in [-0.05, 0) is 29.1 Å². The maximum absolute atomic E-state index is 11.8. The average Bonchev–Trinajstić information content (AvgIpc) is 2.92. The van der Waals surface area contributed by atoms with Crippen LogP contribution in [0.25, 0.3) is 0 Å². The fraction of sp³-hybridized carbons (Fsp3) is 0.214. The van der Waals surface area contributed by atoms with Gasteiger partial charge in [0, 0.05) is 11.4 Å². The molecule has 0 aliphatic carbocycles. The third kappa shape index (κ3) is 3.56. The molecule has 0 amide bonds. The van der Waals surface area contributed by atoms with Crippen molar-refractivity contribution in [2.75, 3.05) is 7.11 Å². The number of benzene rings is 1. The topological polar surface area (TPSA) is 58.6 Å². The SMILES string of the molecule is COC(=O)C(NCc1cccs1)c1cccc(O)c1. The number of aromatic hydroxyl groups is 1. The monoisotopic (exact) mass is 277 g/mol. The number of methoxy groups -OCH3 is 1. The molecule has 0 radical (unpaired) electrons. The number of nitrogens with one attached hydrogen (secondary N) is 1. The summed E-state index contributed by atoms with van der Waals surface area (Å²) in [6, 6.07) is 9.98. The molecule has 1 aromatic carbocycles. The number of hydrogen-bond donors (Lipinski definition) is 2. The van der Waals surface area contributed by atoms with Gasteiger partial charge in [0.2, 0.25) is 0 Å². The zero-order chi connectivity index (χ0) is 13.7. The lowest BCUT2D eigenvalue weighted by atomic mass is 10.1. The zero-order valence-corrected chi connectivity index (χ0v) is 11.3. The molecule has 0 aliphatic rings. The van der Waals surface area contributed by atoms with E-state index in [0.29, 0.717) is 12.1 Å². The number of hydrogen-bond acceptors (Lipinski definition) is 5. The van der Waals surface area contributed by atoms with E-state index in [-0.39, 0.29) is 11.7 Å². The normalized spacial score (nSPS) is 12.1. The molecule has 0 bridgehead atoms. The second-order valence-corrected chi connectivity index (χ2v) is 5.04. The van der Waals surface area contributed by atoms with Crippen molar-refractivity contribution in [1.29, 1.82) is 0 Å². The summed E-state index contributed by atoms with van der Waals surface area (Å²) in [7, 11) is 1.35. The van der Waals surface area contributed by atoms with Gasteiger partial charge in [-0.25, -0.2) is 4.79 Å². The van der Waals surface area contributed by atoms with E-state index in [1.165, 1.54) is 7.11 Å². The zero-order valence-electron chi connectivity index (χ0n) is 10.5. The van der Waals surface area contributed by atoms with Crippen LogP contribution in [0.5, 0.6) is 5.75 Å². The molecule has 5 heteroatoms. The van der Waals surface area contributed by atoms with Crippen LogP contribution in [0.4, 0.5) is 0 Å². The van der Waals surface area contributed by atoms with E-state index in [2.05, 4.69) is 5.32 Å². The number of ether oxygens (including phenoxy) is 1. The fourth-order valence-corrected chi connectivity index (χ4v) is 2.43. The Morgan fingerprint density at radius 3 is 2.89 bits per heavy atom. The first-order chi connectivity index (χ1) is 9.20. The van der Waals surface area contributed by atoms with E-state index >= 15 is 0 Å². The van der Waals surface area contributed by atoms with Crippen LogP contribution in [0, 0.1) is 0 Å². The minimum absolute atomic E-state index is 0.129. The Balaban J connectivity index is 2.14. The van der Waals surface area contributed by atoms with Gasteiger partial charge >= 0.3 is 5.97 Å². The largest absolute Gasteiger partial charge is 0.508 e. The van der Waals surface area contributed by atoms with E-state index in [1.54, 1.807) is 35.6 Å². The van der Waals surface area contributed by atoms with Crippen molar-refractivity contribution < 1.29 is 14.6 Å². The van der Waals surface area contributed by atoms with Crippen molar-refractivity contribution in [3.63, 3.8) is 0 Å². The lowest BCUT2D eigenvalue weighted by Gasteiger charge is -2.16. The molecule has 1 heterocycles. The van der Waals surface area contributed by atoms with Crippen LogP contribution in [-0.2, 0) is 16.1 Å². The Kier molecular flexibility index (Phi) is 4.54. The van der Waals surface area contributed by atoms with Gasteiger partial charge in [0.1, 0.15) is 11.8 Å². The summed E-state index contributed by atoms with van der Waals surface area (Å²) in [4.78, 5) is 13.0. The first kappa shape index (κ1) is 13.6. The number of rotatable bonds is 5. The van der Waals surface area contributed by atoms with Crippen LogP contribution in [-0.4, -0.2) is 18.2 Å². The summed E-state index contributed by atoms with van der Waals surface area (Å²) in [5.41, 5.74) is 0.684. The maximum atomic E-state index is 11.8. The molecule has 4 nitrogen and oxygen atoms in total. The van der Waals surface area contributed by atoms with Gasteiger partial charge in [-0.15, -0.1) is 11.3 Å². The van der Waals surface area contributed by atoms with E-state index < -0.39 is 6.04 Å². The van der Waals surface area contributed by atoms with Crippen LogP contribution in [0.2, 0.25) is 0 Å². The number of thiophene rings is 1. The Morgan fingerprint density at radius 1 is 1.42 bits per heavy atom. The third-order valence-electron chi connectivity index (χ3n) is 2.70. The maximum Gasteiger partial charge on any atom is 0.327 e. The molecular weight excluding hydrogens is 262 g/mol. The molecular formula is C14H15NO3S. The predicted molar refractivity (Wildman–Crippen MR) is 74.0 cm³/mol. The van der Waals surface area contributed by atoms with Crippen LogP contribution in [0.15, 0.2) is 41.8 Å². The van der Waals surface area contributed by atoms with Crippen molar-refractivity contribution >= 4 is 17.3 Å². The van der Waals surface area contributed by atoms with Crippen LogP contribution in [0.3, 0.4) is 0 Å². The molecule has 1 atom stereocenters. The predicted octanol–water partition coefficient (Wildman–Crippen LogP) is 2.46. The summed E-state index contributed by atoms with van der Waals surface area (Å²) in [6.45, 7) is 0.576. The summed E-state index contributed by atoms with van der Waals surface area (Å²) in [6.07, 6.45) is 0. The molecule has 19 heavy (non-hydrogen) atoms. The highest BCUT2D eigenvalue weighted by Gasteiger charge is 2.21. The number of esters is 1. The van der Waals surface area contributed by atoms with Gasteiger partial charge in [0.25, 0.3) is 0 Å². The molecule has 0 fully saturated rings. The highest BCUT2D eigenvalue weighted by atomic mass is 32.1. The molecule has 1 aromatic heterocycles. The number of phenolic OH excluding ortho intramolecular Hbond substituents is 1. The van der Waals surface area contributed by atoms with Crippen LogP contribution in [0.1, 0.15) is 16.5 Å². The number of phenols is 1. The Bertz CT molecular complexity index is 539. The van der Waals surface area contributed by atoms with Crippen molar-refractivity contribution in [3.05, 3.63) is 52.2 Å². The van der Waals surface area contributed by atoms with E-state index in [1.807, 2.05) is 17.5 Å². The third-order valence-corrected chi connectivity index (χ3v) is 3.58. The quantitative estimate of drug-likeness (QED) is 0.824. The summed E-state index contributed by atoms with van der Waals surface area (Å²) < 4.78 is 4.80. The van der Waals surface area contributed by atoms with E-state index in [9.17, 15) is 9.90 Å². The van der Waals surface area contributed by atoms with E-state index in [4.69, 9.17) is 4.74 Å². The van der Waals surface area contributed by atoms with Gasteiger partial charge < -0.3 is 9.84 Å². The van der Waals surface area contributed by atoms with Crippen molar-refractivity contribution in [2.45, 2.75) is 12.6 Å². The average molecular weight is 277 g/mol. The molecule has 2 N–H and O–H groups in total. The van der Waals surface area contributed by atoms with Crippen molar-refractivity contribution in [3.8, 4) is 5.75 Å². The molecule has 0 spiro atoms.